The zero-order valence-corrected chi connectivity index (χ0v) is 13.3. The van der Waals surface area contributed by atoms with E-state index in [1.165, 1.54) is 0 Å². The van der Waals surface area contributed by atoms with Gasteiger partial charge in [0.05, 0.1) is 21.3 Å². The monoisotopic (exact) mass is 357 g/mol. The average molecular weight is 358 g/mol. The van der Waals surface area contributed by atoms with Gasteiger partial charge in [-0.3, -0.25) is 10.1 Å². The number of nitrogens with one attached hydrogen (secondary N) is 1. The van der Waals surface area contributed by atoms with Crippen molar-refractivity contribution in [3.05, 3.63) is 27.7 Å². The maximum atomic E-state index is 12.6. The van der Waals surface area contributed by atoms with Crippen LogP contribution < -0.4 is 5.32 Å². The van der Waals surface area contributed by atoms with Gasteiger partial charge in [0.2, 0.25) is 0 Å². The first kappa shape index (κ1) is 18.6. The van der Waals surface area contributed by atoms with Gasteiger partial charge in [-0.15, -0.1) is 0 Å². The van der Waals surface area contributed by atoms with Crippen molar-refractivity contribution >= 4 is 40.8 Å². The molecule has 1 aromatic carbocycles. The van der Waals surface area contributed by atoms with Gasteiger partial charge >= 0.3 is 12.3 Å². The number of carbonyl (C=O) groups excluding carboxylic acids is 2. The summed E-state index contributed by atoms with van der Waals surface area (Å²) in [6.07, 6.45) is -6.19. The van der Waals surface area contributed by atoms with Gasteiger partial charge in [-0.05, 0) is 32.9 Å². The summed E-state index contributed by atoms with van der Waals surface area (Å²) in [5.74, 6) is -2.22. The standard InChI is InChI=1S/C13H12Cl2F3NO3/c1-12(2,3)22-11(21)19-7-5-4-6(14)9(15)8(7)10(20)13(16,17)18/h4-5H,1-3H3,(H,19,21). The Morgan fingerprint density at radius 2 is 1.68 bits per heavy atom. The quantitative estimate of drug-likeness (QED) is 0.750. The molecule has 1 rings (SSSR count). The molecule has 0 unspecified atom stereocenters. The lowest BCUT2D eigenvalue weighted by Crippen LogP contribution is -2.29. The van der Waals surface area contributed by atoms with Crippen LogP contribution in [0.15, 0.2) is 12.1 Å². The highest BCUT2D eigenvalue weighted by Crippen LogP contribution is 2.36. The van der Waals surface area contributed by atoms with Crippen molar-refractivity contribution in [2.24, 2.45) is 0 Å². The highest BCUT2D eigenvalue weighted by molar-refractivity contribution is 6.44. The Bertz CT molecular complexity index is 610. The summed E-state index contributed by atoms with van der Waals surface area (Å²) in [6, 6.07) is 2.20. The van der Waals surface area contributed by atoms with Gasteiger partial charge in [0.1, 0.15) is 5.60 Å². The Balaban J connectivity index is 3.24. The van der Waals surface area contributed by atoms with E-state index in [-0.39, 0.29) is 5.02 Å². The molecule has 0 spiro atoms. The third-order valence-electron chi connectivity index (χ3n) is 2.21. The van der Waals surface area contributed by atoms with Gasteiger partial charge in [-0.25, -0.2) is 4.79 Å². The van der Waals surface area contributed by atoms with Crippen LogP contribution in [0.3, 0.4) is 0 Å². The summed E-state index contributed by atoms with van der Waals surface area (Å²) in [6.45, 7) is 4.72. The van der Waals surface area contributed by atoms with Gasteiger partial charge in [-0.2, -0.15) is 13.2 Å². The van der Waals surface area contributed by atoms with Crippen molar-refractivity contribution < 1.29 is 27.5 Å². The summed E-state index contributed by atoms with van der Waals surface area (Å²) in [5, 5.41) is 1.22. The van der Waals surface area contributed by atoms with Crippen molar-refractivity contribution in [3.63, 3.8) is 0 Å². The van der Waals surface area contributed by atoms with Crippen molar-refractivity contribution in [1.29, 1.82) is 0 Å². The summed E-state index contributed by atoms with van der Waals surface area (Å²) < 4.78 is 42.8. The fourth-order valence-electron chi connectivity index (χ4n) is 1.43. The molecule has 9 heteroatoms. The number of amides is 1. The number of anilines is 1. The molecule has 0 saturated carbocycles. The van der Waals surface area contributed by atoms with Gasteiger partial charge in [0, 0.05) is 0 Å². The number of ketones is 1. The van der Waals surface area contributed by atoms with Crippen LogP contribution in [0, 0.1) is 0 Å². The fraction of sp³-hybridized carbons (Fsp3) is 0.385. The number of halogens is 5. The molecule has 0 heterocycles. The molecule has 0 saturated heterocycles. The lowest BCUT2D eigenvalue weighted by Gasteiger charge is -2.21. The topological polar surface area (TPSA) is 55.4 Å². The zero-order valence-electron chi connectivity index (χ0n) is 11.8. The molecule has 0 radical (unpaired) electrons. The summed E-state index contributed by atoms with van der Waals surface area (Å²) in [7, 11) is 0. The third kappa shape index (κ3) is 4.78. The average Bonchev–Trinajstić information content (AvgIpc) is 2.30. The first-order chi connectivity index (χ1) is 9.83. The number of alkyl halides is 3. The highest BCUT2D eigenvalue weighted by atomic mass is 35.5. The molecule has 0 bridgehead atoms. The minimum absolute atomic E-state index is 0.246. The Labute approximate surface area is 134 Å². The van der Waals surface area contributed by atoms with Crippen LogP contribution in [0.4, 0.5) is 23.7 Å². The second-order valence-electron chi connectivity index (χ2n) is 5.24. The van der Waals surface area contributed by atoms with Crippen molar-refractivity contribution in [2.45, 2.75) is 32.5 Å². The summed E-state index contributed by atoms with van der Waals surface area (Å²) >= 11 is 11.3. The van der Waals surface area contributed by atoms with E-state index >= 15 is 0 Å². The van der Waals surface area contributed by atoms with Crippen molar-refractivity contribution in [1.82, 2.24) is 0 Å². The van der Waals surface area contributed by atoms with Gasteiger partial charge < -0.3 is 4.74 Å². The second-order valence-corrected chi connectivity index (χ2v) is 6.02. The van der Waals surface area contributed by atoms with E-state index < -0.39 is 39.9 Å². The minimum Gasteiger partial charge on any atom is -0.444 e. The summed E-state index contributed by atoms with van der Waals surface area (Å²) in [5.41, 5.74) is -2.24. The molecule has 0 atom stereocenters. The van der Waals surface area contributed by atoms with E-state index in [1.807, 2.05) is 0 Å². The Hall–Kier alpha value is -1.47. The van der Waals surface area contributed by atoms with Crippen LogP contribution in [-0.4, -0.2) is 23.7 Å². The first-order valence-corrected chi connectivity index (χ1v) is 6.68. The molecule has 4 nitrogen and oxygen atoms in total. The summed E-state index contributed by atoms with van der Waals surface area (Å²) in [4.78, 5) is 23.1. The van der Waals surface area contributed by atoms with E-state index in [0.29, 0.717) is 0 Å². The number of carbonyl (C=O) groups is 2. The number of Topliss-reactive ketones (excluding diaryl/α,β-unsaturated/α-hetero) is 1. The van der Waals surface area contributed by atoms with Crippen molar-refractivity contribution in [2.75, 3.05) is 5.32 Å². The second kappa shape index (κ2) is 6.34. The third-order valence-corrected chi connectivity index (χ3v) is 3.02. The van der Waals surface area contributed by atoms with Gasteiger partial charge in [0.15, 0.2) is 0 Å². The van der Waals surface area contributed by atoms with Crippen LogP contribution in [0.1, 0.15) is 31.1 Å². The predicted molar refractivity (Wildman–Crippen MR) is 76.7 cm³/mol. The SMILES string of the molecule is CC(C)(C)OC(=O)Nc1ccc(Cl)c(Cl)c1C(=O)C(F)(F)F. The molecular weight excluding hydrogens is 346 g/mol. The van der Waals surface area contributed by atoms with E-state index in [4.69, 9.17) is 27.9 Å². The highest BCUT2D eigenvalue weighted by Gasteiger charge is 2.42. The normalized spacial score (nSPS) is 12.0. The van der Waals surface area contributed by atoms with Gasteiger partial charge in [0.25, 0.3) is 5.78 Å². The number of ether oxygens (including phenoxy) is 1. The van der Waals surface area contributed by atoms with Crippen LogP contribution >= 0.6 is 23.2 Å². The van der Waals surface area contributed by atoms with E-state index in [1.54, 1.807) is 20.8 Å². The molecule has 0 fully saturated rings. The van der Waals surface area contributed by atoms with Crippen LogP contribution in [0.2, 0.25) is 10.0 Å². The van der Waals surface area contributed by atoms with Crippen LogP contribution in [-0.2, 0) is 4.74 Å². The van der Waals surface area contributed by atoms with Crippen LogP contribution in [0.5, 0.6) is 0 Å². The first-order valence-electron chi connectivity index (χ1n) is 5.92. The zero-order chi connectivity index (χ0) is 17.3. The Morgan fingerprint density at radius 3 is 2.14 bits per heavy atom. The molecule has 0 aliphatic carbocycles. The number of hydrogen-bond donors (Lipinski definition) is 1. The van der Waals surface area contributed by atoms with Crippen LogP contribution in [0.25, 0.3) is 0 Å². The molecule has 1 aromatic rings. The molecule has 22 heavy (non-hydrogen) atoms. The molecule has 0 aliphatic heterocycles. The Morgan fingerprint density at radius 1 is 1.14 bits per heavy atom. The fourth-order valence-corrected chi connectivity index (χ4v) is 1.84. The molecular formula is C13H12Cl2F3NO3. The van der Waals surface area contributed by atoms with E-state index in [9.17, 15) is 22.8 Å². The molecule has 0 aromatic heterocycles. The number of benzene rings is 1. The predicted octanol–water partition coefficient (Wildman–Crippen LogP) is 5.09. The lowest BCUT2D eigenvalue weighted by molar-refractivity contribution is -0.0884. The number of rotatable bonds is 2. The molecule has 122 valence electrons. The number of hydrogen-bond acceptors (Lipinski definition) is 3. The van der Waals surface area contributed by atoms with E-state index in [2.05, 4.69) is 5.32 Å². The minimum atomic E-state index is -5.17. The largest absolute Gasteiger partial charge is 0.455 e. The maximum Gasteiger partial charge on any atom is 0.455 e. The van der Waals surface area contributed by atoms with Gasteiger partial charge in [-0.1, -0.05) is 23.2 Å². The van der Waals surface area contributed by atoms with Crippen molar-refractivity contribution in [3.8, 4) is 0 Å². The van der Waals surface area contributed by atoms with E-state index in [0.717, 1.165) is 12.1 Å². The molecule has 1 N–H and O–H groups in total. The maximum absolute atomic E-state index is 12.6. The molecule has 0 aliphatic rings. The Kier molecular flexibility index (Phi) is 5.35. The molecule has 1 amide bonds. The lowest BCUT2D eigenvalue weighted by atomic mass is 10.1. The smallest absolute Gasteiger partial charge is 0.444 e.